The van der Waals surface area contributed by atoms with Crippen molar-refractivity contribution in [3.63, 3.8) is 0 Å². The number of carbonyl (C=O) groups excluding carboxylic acids is 1. The van der Waals surface area contributed by atoms with Gasteiger partial charge in [0.25, 0.3) is 5.91 Å². The molecule has 2 aromatic rings. The van der Waals surface area contributed by atoms with E-state index in [9.17, 15) is 18.0 Å². The number of nitrogens with zero attached hydrogens (tertiary/aromatic N) is 4. The quantitative estimate of drug-likeness (QED) is 0.118. The van der Waals surface area contributed by atoms with E-state index < -0.39 is 35.4 Å². The van der Waals surface area contributed by atoms with E-state index in [0.29, 0.717) is 35.4 Å². The van der Waals surface area contributed by atoms with Crippen molar-refractivity contribution in [1.82, 2.24) is 9.80 Å². The molecule has 3 fully saturated rings. The van der Waals surface area contributed by atoms with Crippen molar-refractivity contribution in [3.05, 3.63) is 64.2 Å². The summed E-state index contributed by atoms with van der Waals surface area (Å²) in [4.78, 5) is 23.5. The van der Waals surface area contributed by atoms with Crippen LogP contribution in [0.15, 0.2) is 41.4 Å². The fourth-order valence-electron chi connectivity index (χ4n) is 7.71. The minimum atomic E-state index is -4.60. The number of anilines is 1. The molecule has 4 aliphatic heterocycles. The summed E-state index contributed by atoms with van der Waals surface area (Å²) in [6.07, 6.45) is 3.26. The maximum Gasteiger partial charge on any atom is 0.416 e. The average Bonchev–Trinajstić information content (AvgIpc) is 3.69. The number of rotatable bonds is 13. The minimum absolute atomic E-state index is 0.0139. The molecule has 1 unspecified atom stereocenters. The summed E-state index contributed by atoms with van der Waals surface area (Å²) in [6, 6.07) is 10.6. The maximum absolute atomic E-state index is 16.3. The van der Waals surface area contributed by atoms with Crippen LogP contribution in [-0.2, 0) is 29.4 Å². The van der Waals surface area contributed by atoms with Crippen molar-refractivity contribution in [2.24, 2.45) is 10.7 Å². The third-order valence-electron chi connectivity index (χ3n) is 10.5. The lowest BCUT2D eigenvalue weighted by Crippen LogP contribution is -2.62. The molecule has 7 nitrogen and oxygen atoms in total. The minimum Gasteiger partial charge on any atom is -0.379 e. The second kappa shape index (κ2) is 13.3. The molecule has 0 saturated carbocycles. The van der Waals surface area contributed by atoms with Crippen LogP contribution in [0, 0.1) is 0 Å². The number of fused-ring (bicyclic) bond motifs is 3. The Hall–Kier alpha value is -2.86. The molecule has 0 aromatic heterocycles. The smallest absolute Gasteiger partial charge is 0.379 e. The zero-order valence-corrected chi connectivity index (χ0v) is 26.7. The van der Waals surface area contributed by atoms with E-state index in [1.54, 1.807) is 42.3 Å². The molecule has 2 aromatic carbocycles. The molecule has 2 N–H and O–H groups in total. The molecule has 4 heterocycles. The van der Waals surface area contributed by atoms with Gasteiger partial charge in [-0.05, 0) is 86.5 Å². The summed E-state index contributed by atoms with van der Waals surface area (Å²) in [5, 5.41) is 0. The molecule has 2 atom stereocenters. The van der Waals surface area contributed by atoms with Crippen LogP contribution in [-0.4, -0.2) is 73.3 Å². The van der Waals surface area contributed by atoms with Gasteiger partial charge in [0.05, 0.1) is 43.6 Å². The fourth-order valence-corrected chi connectivity index (χ4v) is 7.71. The van der Waals surface area contributed by atoms with Crippen LogP contribution in [0.4, 0.5) is 23.2 Å². The van der Waals surface area contributed by atoms with Gasteiger partial charge >= 0.3 is 6.18 Å². The van der Waals surface area contributed by atoms with Crippen LogP contribution >= 0.6 is 0 Å². The lowest BCUT2D eigenvalue weighted by molar-refractivity contribution is -0.138. The van der Waals surface area contributed by atoms with Crippen LogP contribution in [0.1, 0.15) is 90.9 Å². The Bertz CT molecular complexity index is 1420. The van der Waals surface area contributed by atoms with E-state index in [2.05, 4.69) is 16.8 Å². The number of alkyl halides is 4. The molecule has 0 aliphatic carbocycles. The Labute approximate surface area is 268 Å². The monoisotopic (exact) mass is 643 g/mol. The van der Waals surface area contributed by atoms with Gasteiger partial charge in [-0.2, -0.15) is 13.2 Å². The highest BCUT2D eigenvalue weighted by Gasteiger charge is 2.51. The first-order valence-electron chi connectivity index (χ1n) is 16.6. The lowest BCUT2D eigenvalue weighted by Gasteiger charge is -2.47. The Kier molecular flexibility index (Phi) is 9.58. The highest BCUT2D eigenvalue weighted by Crippen LogP contribution is 2.44. The molecule has 3 saturated heterocycles. The van der Waals surface area contributed by atoms with Gasteiger partial charge in [0.1, 0.15) is 6.17 Å². The van der Waals surface area contributed by atoms with Gasteiger partial charge < -0.3 is 15.4 Å². The Balaban J connectivity index is 1.21. The van der Waals surface area contributed by atoms with Crippen molar-refractivity contribution in [1.29, 1.82) is 0 Å². The van der Waals surface area contributed by atoms with E-state index in [1.165, 1.54) is 11.0 Å². The van der Waals surface area contributed by atoms with Gasteiger partial charge in [-0.1, -0.05) is 31.9 Å². The molecular formula is C35H45F4N5O2. The zero-order chi connectivity index (χ0) is 32.6. The number of ether oxygens (including phenoxy) is 1. The highest BCUT2D eigenvalue weighted by molar-refractivity contribution is 6.10. The average molecular weight is 644 g/mol. The number of halogens is 4. The number of carbonyl (C=O) groups is 1. The summed E-state index contributed by atoms with van der Waals surface area (Å²) in [5.74, 6) is -0.479. The van der Waals surface area contributed by atoms with Gasteiger partial charge in [-0.25, -0.2) is 4.39 Å². The van der Waals surface area contributed by atoms with E-state index in [-0.39, 0.29) is 37.6 Å². The van der Waals surface area contributed by atoms with E-state index in [1.807, 2.05) is 6.21 Å². The van der Waals surface area contributed by atoms with Crippen molar-refractivity contribution in [2.75, 3.05) is 31.8 Å². The first-order valence-corrected chi connectivity index (χ1v) is 16.6. The highest BCUT2D eigenvalue weighted by atomic mass is 19.4. The standard InChI is InChI=1S/C35H45F4N5O2/c1-3-4-5-6-14-41-22-42(2)32(40)31(36)34(20-46-21-34)24-8-7-9-27(17-24)44-19-29-28(33(44)45)15-23(16-30(29)35(37,38)39)18-43-25-10-11-26(43)13-12-25/h7-9,14-17,25-26,31-32H,3-6,10-13,18-22,40H2,1-2H3/t25?,26?,31-,32?/m0/s1. The Morgan fingerprint density at radius 2 is 1.85 bits per heavy atom. The number of benzene rings is 2. The molecule has 46 heavy (non-hydrogen) atoms. The molecule has 4 aliphatic rings. The molecular weight excluding hydrogens is 598 g/mol. The molecule has 6 rings (SSSR count). The van der Waals surface area contributed by atoms with Gasteiger partial charge in [-0.15, -0.1) is 0 Å². The summed E-state index contributed by atoms with van der Waals surface area (Å²) < 4.78 is 64.9. The van der Waals surface area contributed by atoms with Crippen molar-refractivity contribution in [3.8, 4) is 0 Å². The normalized spacial score (nSPS) is 23.8. The SMILES string of the molecule is CCCCCC=NCN(C)C(N)[C@H](F)C1(c2cccc(N3Cc4c(cc(CN5C6CCC5CC6)cc4C(F)(F)F)C3=O)c2)COC1. The van der Waals surface area contributed by atoms with Crippen LogP contribution in [0.2, 0.25) is 0 Å². The van der Waals surface area contributed by atoms with Crippen LogP contribution in [0.25, 0.3) is 0 Å². The second-order valence-corrected chi connectivity index (χ2v) is 13.5. The van der Waals surface area contributed by atoms with Gasteiger partial charge in [0.2, 0.25) is 0 Å². The third kappa shape index (κ3) is 6.23. The largest absolute Gasteiger partial charge is 0.416 e. The number of unbranched alkanes of at least 4 members (excludes halogenated alkanes) is 3. The van der Waals surface area contributed by atoms with Crippen molar-refractivity contribution >= 4 is 17.8 Å². The van der Waals surface area contributed by atoms with Gasteiger partial charge in [-0.3, -0.25) is 19.6 Å². The lowest BCUT2D eigenvalue weighted by atomic mass is 9.73. The summed E-state index contributed by atoms with van der Waals surface area (Å²) in [5.41, 5.74) is 6.19. The van der Waals surface area contributed by atoms with Gasteiger partial charge in [0.15, 0.2) is 0 Å². The van der Waals surface area contributed by atoms with E-state index in [4.69, 9.17) is 10.5 Å². The predicted molar refractivity (Wildman–Crippen MR) is 171 cm³/mol. The van der Waals surface area contributed by atoms with Crippen molar-refractivity contribution < 1.29 is 27.1 Å². The van der Waals surface area contributed by atoms with Gasteiger partial charge in [0, 0.05) is 36.1 Å². The van der Waals surface area contributed by atoms with E-state index in [0.717, 1.165) is 51.4 Å². The summed E-state index contributed by atoms with van der Waals surface area (Å²) >= 11 is 0. The number of amides is 1. The molecule has 1 amide bonds. The van der Waals surface area contributed by atoms with Crippen LogP contribution in [0.5, 0.6) is 0 Å². The third-order valence-corrected chi connectivity index (χ3v) is 10.5. The fraction of sp³-hybridized carbons (Fsp3) is 0.600. The number of nitrogens with two attached hydrogens (primary N) is 1. The zero-order valence-electron chi connectivity index (χ0n) is 26.7. The Morgan fingerprint density at radius 3 is 2.48 bits per heavy atom. The number of hydrogen-bond acceptors (Lipinski definition) is 6. The first-order chi connectivity index (χ1) is 22.0. The van der Waals surface area contributed by atoms with Crippen molar-refractivity contribution in [2.45, 2.75) is 107 Å². The van der Waals surface area contributed by atoms with Crippen LogP contribution in [0.3, 0.4) is 0 Å². The summed E-state index contributed by atoms with van der Waals surface area (Å²) in [6.45, 7) is 2.81. The summed E-state index contributed by atoms with van der Waals surface area (Å²) in [7, 11) is 1.73. The van der Waals surface area contributed by atoms with Crippen LogP contribution < -0.4 is 10.6 Å². The molecule has 2 bridgehead atoms. The maximum atomic E-state index is 16.3. The topological polar surface area (TPSA) is 74.4 Å². The second-order valence-electron chi connectivity index (χ2n) is 13.5. The molecule has 0 spiro atoms. The first kappa shape index (κ1) is 33.1. The Morgan fingerprint density at radius 1 is 1.13 bits per heavy atom. The predicted octanol–water partition coefficient (Wildman–Crippen LogP) is 6.42. The number of aliphatic imine (C=N–C) groups is 1. The molecule has 0 radical (unpaired) electrons. The molecule has 11 heteroatoms. The molecule has 250 valence electrons. The van der Waals surface area contributed by atoms with E-state index >= 15 is 4.39 Å². The number of hydrogen-bond donors (Lipinski definition) is 1.